The summed E-state index contributed by atoms with van der Waals surface area (Å²) in [6.07, 6.45) is 2.10. The number of aromatic nitrogens is 3. The molecular weight excluding hydrogens is 375 g/mol. The van der Waals surface area contributed by atoms with Gasteiger partial charge in [0.05, 0.1) is 6.54 Å². The van der Waals surface area contributed by atoms with Crippen molar-refractivity contribution < 1.29 is 13.6 Å². The Kier molecular flexibility index (Phi) is 7.72. The predicted molar refractivity (Wildman–Crippen MR) is 92.6 cm³/mol. The van der Waals surface area contributed by atoms with Gasteiger partial charge < -0.3 is 15.2 Å². The van der Waals surface area contributed by atoms with Gasteiger partial charge in [0.2, 0.25) is 5.91 Å². The van der Waals surface area contributed by atoms with E-state index in [0.29, 0.717) is 31.6 Å². The van der Waals surface area contributed by atoms with Crippen LogP contribution in [0.25, 0.3) is 0 Å². The van der Waals surface area contributed by atoms with Gasteiger partial charge in [-0.3, -0.25) is 4.79 Å². The van der Waals surface area contributed by atoms with Crippen LogP contribution in [-0.4, -0.2) is 38.2 Å². The maximum atomic E-state index is 13.2. The average Bonchev–Trinajstić information content (AvgIpc) is 2.98. The smallest absolute Gasteiger partial charge is 0.224 e. The Morgan fingerprint density at radius 1 is 1.24 bits per heavy atom. The summed E-state index contributed by atoms with van der Waals surface area (Å²) in [4.78, 5) is 14.0. The predicted octanol–water partition coefficient (Wildman–Crippen LogP) is 1.70. The maximum Gasteiger partial charge on any atom is 0.224 e. The van der Waals surface area contributed by atoms with Gasteiger partial charge in [-0.1, -0.05) is 6.07 Å². The maximum absolute atomic E-state index is 13.2. The number of nitrogens with two attached hydrogens (primary N) is 1. The van der Waals surface area contributed by atoms with Gasteiger partial charge in [0.15, 0.2) is 17.5 Å². The Morgan fingerprint density at radius 2 is 2.00 bits per heavy atom. The summed E-state index contributed by atoms with van der Waals surface area (Å²) < 4.78 is 28.0. The second kappa shape index (κ2) is 9.07. The number of hydrogen-bond donors (Lipinski definition) is 1. The first kappa shape index (κ1) is 21.3. The van der Waals surface area contributed by atoms with Crippen molar-refractivity contribution in [3.05, 3.63) is 47.5 Å². The van der Waals surface area contributed by atoms with Crippen LogP contribution in [0, 0.1) is 11.6 Å². The summed E-state index contributed by atoms with van der Waals surface area (Å²) in [5.74, 6) is -1.12. The zero-order valence-electron chi connectivity index (χ0n) is 13.3. The molecule has 2 heterocycles. The molecule has 10 heteroatoms. The molecule has 0 bridgehead atoms. The third-order valence-corrected chi connectivity index (χ3v) is 3.91. The number of carbonyl (C=O) groups is 1. The summed E-state index contributed by atoms with van der Waals surface area (Å²) in [6.45, 7) is 1.66. The molecule has 1 aromatic heterocycles. The molecule has 1 aliphatic rings. The third kappa shape index (κ3) is 5.10. The molecule has 3 rings (SSSR count). The number of benzene rings is 1. The Bertz CT molecular complexity index is 728. The van der Waals surface area contributed by atoms with Crippen molar-refractivity contribution in [2.75, 3.05) is 6.54 Å². The van der Waals surface area contributed by atoms with Crippen molar-refractivity contribution in [1.29, 1.82) is 0 Å². The molecule has 1 amide bonds. The normalized spacial score (nSPS) is 14.1. The molecule has 0 radical (unpaired) electrons. The second-order valence-electron chi connectivity index (χ2n) is 5.67. The van der Waals surface area contributed by atoms with E-state index in [4.69, 9.17) is 5.73 Å². The molecule has 2 aromatic rings. The quantitative estimate of drug-likeness (QED) is 0.857. The van der Waals surface area contributed by atoms with Crippen LogP contribution in [0.5, 0.6) is 0 Å². The average molecular weight is 394 g/mol. The van der Waals surface area contributed by atoms with Crippen molar-refractivity contribution in [1.82, 2.24) is 19.7 Å². The summed E-state index contributed by atoms with van der Waals surface area (Å²) in [7, 11) is 0. The van der Waals surface area contributed by atoms with E-state index in [1.807, 2.05) is 4.57 Å². The minimum absolute atomic E-state index is 0. The highest BCUT2D eigenvalue weighted by Gasteiger charge is 2.23. The van der Waals surface area contributed by atoms with Crippen LogP contribution < -0.4 is 5.73 Å². The Labute approximate surface area is 156 Å². The monoisotopic (exact) mass is 393 g/mol. The van der Waals surface area contributed by atoms with Crippen LogP contribution in [0.3, 0.4) is 0 Å². The van der Waals surface area contributed by atoms with Gasteiger partial charge in [-0.2, -0.15) is 0 Å². The van der Waals surface area contributed by atoms with Gasteiger partial charge in [-0.25, -0.2) is 8.78 Å². The van der Waals surface area contributed by atoms with E-state index >= 15 is 0 Å². The molecular formula is C15H19Cl2F2N5O. The standard InChI is InChI=1S/C15H17F2N5O.2ClH/c16-12-2-1-10(6-13(12)17)5-11(18)7-15(23)21-3-4-22-9-19-20-14(22)8-21;;/h1-2,6,9,11H,3-5,7-8,18H2;2*1H/t11-;;/m1../s1. The number of nitrogens with zero attached hydrogens (tertiary/aromatic N) is 4. The van der Waals surface area contributed by atoms with E-state index in [1.165, 1.54) is 6.07 Å². The van der Waals surface area contributed by atoms with Crippen LogP contribution >= 0.6 is 24.8 Å². The van der Waals surface area contributed by atoms with Gasteiger partial charge in [0.1, 0.15) is 6.33 Å². The van der Waals surface area contributed by atoms with Gasteiger partial charge in [-0.15, -0.1) is 35.0 Å². The van der Waals surface area contributed by atoms with Crippen LogP contribution in [0.15, 0.2) is 24.5 Å². The number of fused-ring (bicyclic) bond motifs is 1. The lowest BCUT2D eigenvalue weighted by molar-refractivity contribution is -0.133. The van der Waals surface area contributed by atoms with Gasteiger partial charge in [0, 0.05) is 25.6 Å². The van der Waals surface area contributed by atoms with Crippen LogP contribution in [-0.2, 0) is 24.3 Å². The molecule has 0 aliphatic carbocycles. The number of carbonyl (C=O) groups excluding carboxylic acids is 1. The number of amides is 1. The van der Waals surface area contributed by atoms with E-state index in [1.54, 1.807) is 11.2 Å². The van der Waals surface area contributed by atoms with E-state index in [0.717, 1.165) is 18.0 Å². The Balaban J connectivity index is 0.00000156. The van der Waals surface area contributed by atoms with E-state index in [2.05, 4.69) is 10.2 Å². The van der Waals surface area contributed by atoms with Crippen LogP contribution in [0.2, 0.25) is 0 Å². The molecule has 0 spiro atoms. The molecule has 25 heavy (non-hydrogen) atoms. The summed E-state index contributed by atoms with van der Waals surface area (Å²) >= 11 is 0. The molecule has 6 nitrogen and oxygen atoms in total. The van der Waals surface area contributed by atoms with Crippen molar-refractivity contribution in [2.24, 2.45) is 5.73 Å². The molecule has 1 aromatic carbocycles. The lowest BCUT2D eigenvalue weighted by atomic mass is 10.0. The Morgan fingerprint density at radius 3 is 2.72 bits per heavy atom. The second-order valence-corrected chi connectivity index (χ2v) is 5.67. The lowest BCUT2D eigenvalue weighted by Gasteiger charge is -2.28. The largest absolute Gasteiger partial charge is 0.333 e. The van der Waals surface area contributed by atoms with Crippen molar-refractivity contribution in [2.45, 2.75) is 32.0 Å². The molecule has 2 N–H and O–H groups in total. The zero-order chi connectivity index (χ0) is 16.4. The van der Waals surface area contributed by atoms with E-state index in [9.17, 15) is 13.6 Å². The molecule has 0 fully saturated rings. The fourth-order valence-electron chi connectivity index (χ4n) is 2.67. The number of halogens is 4. The molecule has 0 saturated heterocycles. The highest BCUT2D eigenvalue weighted by molar-refractivity contribution is 5.85. The summed E-state index contributed by atoms with van der Waals surface area (Å²) in [5.41, 5.74) is 6.55. The molecule has 1 aliphatic heterocycles. The van der Waals surface area contributed by atoms with Gasteiger partial charge in [0.25, 0.3) is 0 Å². The summed E-state index contributed by atoms with van der Waals surface area (Å²) in [5, 5.41) is 7.78. The lowest BCUT2D eigenvalue weighted by Crippen LogP contribution is -2.41. The molecule has 1 atom stereocenters. The minimum Gasteiger partial charge on any atom is -0.333 e. The van der Waals surface area contributed by atoms with Crippen LogP contribution in [0.1, 0.15) is 17.8 Å². The first-order valence-electron chi connectivity index (χ1n) is 7.37. The number of rotatable bonds is 4. The summed E-state index contributed by atoms with van der Waals surface area (Å²) in [6, 6.07) is 3.21. The topological polar surface area (TPSA) is 77.0 Å². The van der Waals surface area contributed by atoms with Crippen molar-refractivity contribution in [3.8, 4) is 0 Å². The van der Waals surface area contributed by atoms with Gasteiger partial charge in [-0.05, 0) is 24.1 Å². The first-order valence-corrected chi connectivity index (χ1v) is 7.37. The van der Waals surface area contributed by atoms with Crippen molar-refractivity contribution in [3.63, 3.8) is 0 Å². The SMILES string of the molecule is Cl.Cl.N[C@@H](CC(=O)N1CCn2cnnc2C1)Cc1ccc(F)c(F)c1. The highest BCUT2D eigenvalue weighted by Crippen LogP contribution is 2.14. The minimum atomic E-state index is -0.906. The van der Waals surface area contributed by atoms with Gasteiger partial charge >= 0.3 is 0 Å². The van der Waals surface area contributed by atoms with E-state index < -0.39 is 17.7 Å². The number of hydrogen-bond acceptors (Lipinski definition) is 4. The highest BCUT2D eigenvalue weighted by atomic mass is 35.5. The molecule has 0 saturated carbocycles. The third-order valence-electron chi connectivity index (χ3n) is 3.91. The van der Waals surface area contributed by atoms with Crippen molar-refractivity contribution >= 4 is 30.7 Å². The fourth-order valence-corrected chi connectivity index (χ4v) is 2.67. The Hall–Kier alpha value is -1.77. The van der Waals surface area contributed by atoms with E-state index in [-0.39, 0.29) is 37.1 Å². The zero-order valence-corrected chi connectivity index (χ0v) is 14.9. The van der Waals surface area contributed by atoms with Crippen LogP contribution in [0.4, 0.5) is 8.78 Å². The first-order chi connectivity index (χ1) is 11.0. The fraction of sp³-hybridized carbons (Fsp3) is 0.400. The molecule has 0 unspecified atom stereocenters. The molecule has 138 valence electrons.